The maximum Gasteiger partial charge on any atom is 0.0627 e. The fourth-order valence-electron chi connectivity index (χ4n) is 4.24. The van der Waals surface area contributed by atoms with Crippen LogP contribution in [0.1, 0.15) is 61.6 Å². The van der Waals surface area contributed by atoms with Crippen LogP contribution in [0.15, 0.2) is 24.3 Å². The predicted molar refractivity (Wildman–Crippen MR) is 79.1 cm³/mol. The van der Waals surface area contributed by atoms with Crippen LogP contribution in [0, 0.1) is 5.92 Å². The van der Waals surface area contributed by atoms with E-state index in [9.17, 15) is 0 Å². The van der Waals surface area contributed by atoms with Gasteiger partial charge in [-0.2, -0.15) is 0 Å². The average Bonchev–Trinajstić information content (AvgIpc) is 3.01. The van der Waals surface area contributed by atoms with Crippen molar-refractivity contribution in [3.05, 3.63) is 35.4 Å². The zero-order chi connectivity index (χ0) is 13.5. The molecule has 3 aliphatic rings. The summed E-state index contributed by atoms with van der Waals surface area (Å²) in [5, 5.41) is 0. The highest BCUT2D eigenvalue weighted by Crippen LogP contribution is 2.45. The molecule has 0 amide bonds. The molecule has 2 aliphatic heterocycles. The van der Waals surface area contributed by atoms with Gasteiger partial charge in [0.15, 0.2) is 0 Å². The summed E-state index contributed by atoms with van der Waals surface area (Å²) in [6, 6.07) is 9.31. The van der Waals surface area contributed by atoms with Crippen molar-refractivity contribution in [2.45, 2.75) is 62.7 Å². The van der Waals surface area contributed by atoms with Gasteiger partial charge in [-0.1, -0.05) is 30.7 Å². The molecule has 2 saturated heterocycles. The van der Waals surface area contributed by atoms with Crippen LogP contribution in [-0.4, -0.2) is 12.2 Å². The highest BCUT2D eigenvalue weighted by Gasteiger charge is 2.44. The molecule has 2 bridgehead atoms. The van der Waals surface area contributed by atoms with E-state index in [1.165, 1.54) is 43.2 Å². The van der Waals surface area contributed by atoms with E-state index in [1.807, 2.05) is 0 Å². The Labute approximate surface area is 120 Å². The molecule has 1 aromatic carbocycles. The Morgan fingerprint density at radius 1 is 1.20 bits per heavy atom. The molecule has 3 fully saturated rings. The normalized spacial score (nSPS) is 34.1. The van der Waals surface area contributed by atoms with Crippen LogP contribution < -0.4 is 11.3 Å². The van der Waals surface area contributed by atoms with E-state index in [0.29, 0.717) is 18.1 Å². The number of benzene rings is 1. The van der Waals surface area contributed by atoms with Gasteiger partial charge in [-0.3, -0.25) is 11.3 Å². The molecule has 1 saturated carbocycles. The minimum atomic E-state index is 0.241. The first-order chi connectivity index (χ1) is 9.85. The molecule has 20 heavy (non-hydrogen) atoms. The Bertz CT molecular complexity index is 486. The van der Waals surface area contributed by atoms with Gasteiger partial charge >= 0.3 is 0 Å². The molecule has 4 atom stereocenters. The highest BCUT2D eigenvalue weighted by molar-refractivity contribution is 5.30. The van der Waals surface area contributed by atoms with E-state index in [2.05, 4.69) is 29.7 Å². The number of fused-ring (bicyclic) bond motifs is 2. The van der Waals surface area contributed by atoms with Crippen molar-refractivity contribution >= 4 is 0 Å². The first-order valence-corrected chi connectivity index (χ1v) is 8.06. The quantitative estimate of drug-likeness (QED) is 0.654. The lowest BCUT2D eigenvalue weighted by atomic mass is 9.77. The van der Waals surface area contributed by atoms with E-state index in [4.69, 9.17) is 10.6 Å². The Kier molecular flexibility index (Phi) is 3.29. The van der Waals surface area contributed by atoms with Gasteiger partial charge < -0.3 is 4.74 Å². The Morgan fingerprint density at radius 3 is 2.70 bits per heavy atom. The number of nitrogens with two attached hydrogens (primary N) is 1. The van der Waals surface area contributed by atoms with Crippen molar-refractivity contribution in [2.24, 2.45) is 11.8 Å². The number of nitrogens with one attached hydrogen (secondary N) is 1. The summed E-state index contributed by atoms with van der Waals surface area (Å²) in [5.74, 6) is 7.20. The molecule has 3 N–H and O–H groups in total. The molecule has 0 spiro atoms. The van der Waals surface area contributed by atoms with Crippen molar-refractivity contribution in [1.29, 1.82) is 0 Å². The molecule has 3 heteroatoms. The third kappa shape index (κ3) is 2.09. The first kappa shape index (κ1) is 12.8. The van der Waals surface area contributed by atoms with Gasteiger partial charge in [-0.05, 0) is 49.1 Å². The van der Waals surface area contributed by atoms with Crippen molar-refractivity contribution in [3.8, 4) is 0 Å². The van der Waals surface area contributed by atoms with Crippen molar-refractivity contribution in [3.63, 3.8) is 0 Å². The number of hydrazine groups is 1. The third-order valence-electron chi connectivity index (χ3n) is 5.61. The molecular formula is C17H24N2O. The van der Waals surface area contributed by atoms with Crippen molar-refractivity contribution in [1.82, 2.24) is 5.43 Å². The molecule has 4 unspecified atom stereocenters. The van der Waals surface area contributed by atoms with Crippen LogP contribution in [0.2, 0.25) is 0 Å². The Morgan fingerprint density at radius 2 is 2.10 bits per heavy atom. The van der Waals surface area contributed by atoms with Gasteiger partial charge in [0.1, 0.15) is 0 Å². The van der Waals surface area contributed by atoms with Crippen LogP contribution in [-0.2, 0) is 4.74 Å². The molecule has 4 rings (SSSR count). The smallest absolute Gasteiger partial charge is 0.0627 e. The van der Waals surface area contributed by atoms with E-state index in [-0.39, 0.29) is 6.04 Å². The molecule has 1 aliphatic carbocycles. The zero-order valence-electron chi connectivity index (χ0n) is 11.9. The van der Waals surface area contributed by atoms with Crippen LogP contribution in [0.5, 0.6) is 0 Å². The monoisotopic (exact) mass is 272 g/mol. The second kappa shape index (κ2) is 5.14. The molecule has 1 aromatic rings. The topological polar surface area (TPSA) is 47.3 Å². The van der Waals surface area contributed by atoms with Gasteiger partial charge in [0.05, 0.1) is 18.2 Å². The molecule has 2 heterocycles. The van der Waals surface area contributed by atoms with E-state index in [1.54, 1.807) is 0 Å². The maximum absolute atomic E-state index is 6.00. The van der Waals surface area contributed by atoms with Crippen molar-refractivity contribution < 1.29 is 4.74 Å². The number of hydrogen-bond acceptors (Lipinski definition) is 3. The van der Waals surface area contributed by atoms with Gasteiger partial charge in [0.25, 0.3) is 0 Å². The average molecular weight is 272 g/mol. The summed E-state index contributed by atoms with van der Waals surface area (Å²) in [7, 11) is 0. The summed E-state index contributed by atoms with van der Waals surface area (Å²) < 4.78 is 6.00. The maximum atomic E-state index is 6.00. The van der Waals surface area contributed by atoms with Crippen LogP contribution >= 0.6 is 0 Å². The zero-order valence-corrected chi connectivity index (χ0v) is 11.9. The molecule has 0 aromatic heterocycles. The summed E-state index contributed by atoms with van der Waals surface area (Å²) in [6.07, 6.45) is 8.57. The summed E-state index contributed by atoms with van der Waals surface area (Å²) in [5.41, 5.74) is 5.91. The fraction of sp³-hybridized carbons (Fsp3) is 0.647. The lowest BCUT2D eigenvalue weighted by Gasteiger charge is -2.30. The second-order valence-electron chi connectivity index (χ2n) is 6.72. The SMILES string of the molecule is NNC(c1cccc(C2CCC2)c1)C1CC2CCC1O2. The number of hydrogen-bond donors (Lipinski definition) is 2. The molecule has 3 nitrogen and oxygen atoms in total. The summed E-state index contributed by atoms with van der Waals surface area (Å²) >= 11 is 0. The number of rotatable bonds is 4. The van der Waals surface area contributed by atoms with Crippen LogP contribution in [0.4, 0.5) is 0 Å². The minimum absolute atomic E-state index is 0.241. The predicted octanol–water partition coefficient (Wildman–Crippen LogP) is 3.03. The van der Waals surface area contributed by atoms with Crippen LogP contribution in [0.3, 0.4) is 0 Å². The summed E-state index contributed by atoms with van der Waals surface area (Å²) in [6.45, 7) is 0. The first-order valence-electron chi connectivity index (χ1n) is 8.06. The lowest BCUT2D eigenvalue weighted by molar-refractivity contribution is 0.0856. The van der Waals surface area contributed by atoms with Gasteiger partial charge in [-0.25, -0.2) is 0 Å². The molecule has 108 valence electrons. The van der Waals surface area contributed by atoms with Gasteiger partial charge in [0.2, 0.25) is 0 Å². The van der Waals surface area contributed by atoms with Crippen LogP contribution in [0.25, 0.3) is 0 Å². The lowest BCUT2D eigenvalue weighted by Crippen LogP contribution is -2.37. The Hall–Kier alpha value is -0.900. The third-order valence-corrected chi connectivity index (χ3v) is 5.61. The summed E-state index contributed by atoms with van der Waals surface area (Å²) in [4.78, 5) is 0. The Balaban J connectivity index is 1.57. The minimum Gasteiger partial charge on any atom is -0.375 e. The molecule has 0 radical (unpaired) electrons. The van der Waals surface area contributed by atoms with Gasteiger partial charge in [0, 0.05) is 5.92 Å². The largest absolute Gasteiger partial charge is 0.375 e. The number of ether oxygens (including phenoxy) is 1. The fourth-order valence-corrected chi connectivity index (χ4v) is 4.24. The van der Waals surface area contributed by atoms with E-state index < -0.39 is 0 Å². The van der Waals surface area contributed by atoms with E-state index >= 15 is 0 Å². The highest BCUT2D eigenvalue weighted by atomic mass is 16.5. The molecular weight excluding hydrogens is 248 g/mol. The van der Waals surface area contributed by atoms with Gasteiger partial charge in [-0.15, -0.1) is 0 Å². The van der Waals surface area contributed by atoms with Crippen molar-refractivity contribution in [2.75, 3.05) is 0 Å². The second-order valence-corrected chi connectivity index (χ2v) is 6.72. The standard InChI is InChI=1S/C17H24N2O/c18-19-17(15-10-14-7-8-16(15)20-14)13-6-2-5-12(9-13)11-3-1-4-11/h2,5-6,9,11,14-17,19H,1,3-4,7-8,10,18H2. The van der Waals surface area contributed by atoms with E-state index in [0.717, 1.165) is 12.3 Å².